The molecule has 1 aromatic rings. The van der Waals surface area contributed by atoms with Crippen LogP contribution in [-0.2, 0) is 32.7 Å². The molecule has 1 radical (unpaired) electrons. The van der Waals surface area contributed by atoms with E-state index in [1.54, 1.807) is 6.07 Å². The van der Waals surface area contributed by atoms with Gasteiger partial charge >= 0.3 is 0 Å². The van der Waals surface area contributed by atoms with Crippen LogP contribution in [0.3, 0.4) is 0 Å². The summed E-state index contributed by atoms with van der Waals surface area (Å²) in [5.41, 5.74) is 7.91. The number of benzene rings is 1. The van der Waals surface area contributed by atoms with Crippen LogP contribution in [0.1, 0.15) is 11.1 Å². The van der Waals surface area contributed by atoms with E-state index in [9.17, 15) is 0 Å². The molecule has 1 aromatic carbocycles. The normalized spacial score (nSPS) is 8.91. The number of rotatable bonds is 0. The second-order valence-corrected chi connectivity index (χ2v) is 2.36. The Labute approximate surface area is 91.7 Å². The van der Waals surface area contributed by atoms with Crippen molar-refractivity contribution in [3.05, 3.63) is 23.3 Å². The molecule has 0 aliphatic carbocycles. The van der Waals surface area contributed by atoms with Crippen molar-refractivity contribution in [3.8, 4) is 5.75 Å². The zero-order chi connectivity index (χ0) is 7.72. The first-order chi connectivity index (χ1) is 4.63. The molecule has 11 heavy (non-hydrogen) atoms. The topological polar surface area (TPSA) is 46.2 Å². The first-order valence-electron chi connectivity index (χ1n) is 3.09. The monoisotopic (exact) mass is 225 g/mol. The molecule has 0 bridgehead atoms. The fourth-order valence-corrected chi connectivity index (χ4v) is 0.753. The molecule has 2 nitrogen and oxygen atoms in total. The van der Waals surface area contributed by atoms with Crippen LogP contribution >= 0.6 is 0 Å². The summed E-state index contributed by atoms with van der Waals surface area (Å²) < 4.78 is 0. The van der Waals surface area contributed by atoms with Crippen LogP contribution in [-0.4, -0.2) is 5.11 Å². The molecule has 0 aliphatic heterocycles. The molecule has 0 saturated heterocycles. The Balaban J connectivity index is 0.000001000. The number of hydrogen-bond donors (Lipinski definition) is 2. The van der Waals surface area contributed by atoms with Gasteiger partial charge in [-0.3, -0.25) is 0 Å². The van der Waals surface area contributed by atoms with E-state index in [2.05, 4.69) is 6.07 Å². The number of phenols is 1. The number of nitrogen functional groups attached to an aromatic ring is 1. The molecular weight excluding hydrogens is 215 g/mol. The van der Waals surface area contributed by atoms with Gasteiger partial charge in [-0.1, -0.05) is 13.8 Å². The molecule has 0 saturated carbocycles. The van der Waals surface area contributed by atoms with Gasteiger partial charge in [0.1, 0.15) is 0 Å². The fourth-order valence-electron chi connectivity index (χ4n) is 0.753. The Kier molecular flexibility index (Phi) is 4.05. The second kappa shape index (κ2) is 4.08. The molecule has 0 fully saturated rings. The minimum absolute atomic E-state index is 0. The van der Waals surface area contributed by atoms with Crippen molar-refractivity contribution in [2.45, 2.75) is 13.8 Å². The van der Waals surface area contributed by atoms with Gasteiger partial charge in [0, 0.05) is 38.5 Å². The number of nitrogens with two attached hydrogens (primary N) is 1. The van der Waals surface area contributed by atoms with Gasteiger partial charge in [-0.05, 0) is 5.69 Å². The SMILES string of the molecule is Cc1c[c-]c(O)c(N)c1C.[Y]. The van der Waals surface area contributed by atoms with Crippen LogP contribution in [0.5, 0.6) is 5.75 Å². The molecular formula is C8H10NOY-. The Bertz CT molecular complexity index is 234. The number of aryl methyl sites for hydroxylation is 1. The minimum atomic E-state index is 0. The molecule has 3 heteroatoms. The van der Waals surface area contributed by atoms with E-state index in [4.69, 9.17) is 10.8 Å². The largest absolute Gasteiger partial charge is 0.532 e. The molecule has 0 amide bonds. The van der Waals surface area contributed by atoms with Crippen molar-refractivity contribution in [2.75, 3.05) is 5.73 Å². The Hall–Kier alpha value is -0.0761. The van der Waals surface area contributed by atoms with Crippen LogP contribution < -0.4 is 5.73 Å². The number of hydrogen-bond acceptors (Lipinski definition) is 2. The zero-order valence-electron chi connectivity index (χ0n) is 6.68. The average molecular weight is 225 g/mol. The van der Waals surface area contributed by atoms with E-state index in [1.807, 2.05) is 13.8 Å². The summed E-state index contributed by atoms with van der Waals surface area (Å²) in [6, 6.07) is 4.36. The van der Waals surface area contributed by atoms with Crippen molar-refractivity contribution in [1.29, 1.82) is 0 Å². The second-order valence-electron chi connectivity index (χ2n) is 2.36. The maximum atomic E-state index is 9.04. The van der Waals surface area contributed by atoms with Crippen LogP contribution in [0.4, 0.5) is 5.69 Å². The Morgan fingerprint density at radius 2 is 2.00 bits per heavy atom. The van der Waals surface area contributed by atoms with E-state index in [-0.39, 0.29) is 38.5 Å². The Morgan fingerprint density at radius 1 is 1.45 bits per heavy atom. The van der Waals surface area contributed by atoms with Crippen molar-refractivity contribution in [1.82, 2.24) is 0 Å². The van der Waals surface area contributed by atoms with Crippen molar-refractivity contribution < 1.29 is 37.8 Å². The summed E-state index contributed by atoms with van der Waals surface area (Å²) in [4.78, 5) is 0. The predicted octanol–water partition coefficient (Wildman–Crippen LogP) is 1.39. The van der Waals surface area contributed by atoms with Crippen molar-refractivity contribution in [3.63, 3.8) is 0 Å². The van der Waals surface area contributed by atoms with Gasteiger partial charge in [-0.25, -0.2) is 0 Å². The number of phenolic OH excluding ortho intramolecular Hbond substituents is 1. The summed E-state index contributed by atoms with van der Waals surface area (Å²) in [5.74, 6) is 0.0445. The third-order valence-electron chi connectivity index (χ3n) is 1.68. The molecule has 3 N–H and O–H groups in total. The van der Waals surface area contributed by atoms with Crippen LogP contribution in [0.2, 0.25) is 0 Å². The average Bonchev–Trinajstić information content (AvgIpc) is 1.93. The van der Waals surface area contributed by atoms with Crippen molar-refractivity contribution >= 4 is 5.69 Å². The third-order valence-corrected chi connectivity index (χ3v) is 1.68. The van der Waals surface area contributed by atoms with Crippen molar-refractivity contribution in [2.24, 2.45) is 0 Å². The third kappa shape index (κ3) is 2.18. The van der Waals surface area contributed by atoms with Crippen LogP contribution in [0.15, 0.2) is 6.07 Å². The van der Waals surface area contributed by atoms with Gasteiger partial charge in [-0.2, -0.15) is 11.6 Å². The van der Waals surface area contributed by atoms with E-state index in [0.29, 0.717) is 5.69 Å². The minimum Gasteiger partial charge on any atom is -0.532 e. The smallest absolute Gasteiger partial charge is 0.0264 e. The van der Waals surface area contributed by atoms with E-state index >= 15 is 0 Å². The number of aromatic hydroxyl groups is 1. The molecule has 1 rings (SSSR count). The maximum absolute atomic E-state index is 9.04. The van der Waals surface area contributed by atoms with E-state index in [1.165, 1.54) is 0 Å². The summed E-state index contributed by atoms with van der Waals surface area (Å²) in [5, 5.41) is 9.04. The maximum Gasteiger partial charge on any atom is 0.0264 e. The van der Waals surface area contributed by atoms with Gasteiger partial charge in [0.2, 0.25) is 0 Å². The molecule has 0 aliphatic rings. The van der Waals surface area contributed by atoms with Crippen LogP contribution in [0, 0.1) is 19.9 Å². The fraction of sp³-hybridized carbons (Fsp3) is 0.250. The van der Waals surface area contributed by atoms with Crippen LogP contribution in [0.25, 0.3) is 0 Å². The summed E-state index contributed by atoms with van der Waals surface area (Å²) in [6.45, 7) is 3.81. The molecule has 0 unspecified atom stereocenters. The van der Waals surface area contributed by atoms with Gasteiger partial charge in [0.15, 0.2) is 0 Å². The summed E-state index contributed by atoms with van der Waals surface area (Å²) in [6.07, 6.45) is 0. The van der Waals surface area contributed by atoms with Gasteiger partial charge in [0.25, 0.3) is 0 Å². The van der Waals surface area contributed by atoms with Gasteiger partial charge in [-0.15, -0.1) is 11.6 Å². The molecule has 0 heterocycles. The van der Waals surface area contributed by atoms with E-state index < -0.39 is 0 Å². The quantitative estimate of drug-likeness (QED) is 0.398. The summed E-state index contributed by atoms with van der Waals surface area (Å²) >= 11 is 0. The molecule has 57 valence electrons. The molecule has 0 aromatic heterocycles. The van der Waals surface area contributed by atoms with Gasteiger partial charge < -0.3 is 10.8 Å². The first-order valence-corrected chi connectivity index (χ1v) is 3.09. The zero-order valence-corrected chi connectivity index (χ0v) is 9.52. The Morgan fingerprint density at radius 3 is 2.45 bits per heavy atom. The standard InChI is InChI=1S/C8H10NO.Y/c1-5-3-4-7(10)8(9)6(5)2;/h3,10H,9H2,1-2H3;/q-1;. The molecule has 0 atom stereocenters. The first kappa shape index (κ1) is 10.9. The predicted molar refractivity (Wildman–Crippen MR) is 40.8 cm³/mol. The van der Waals surface area contributed by atoms with Gasteiger partial charge in [0.05, 0.1) is 0 Å². The molecule has 0 spiro atoms. The summed E-state index contributed by atoms with van der Waals surface area (Å²) in [7, 11) is 0. The van der Waals surface area contributed by atoms with E-state index in [0.717, 1.165) is 11.1 Å². The number of anilines is 1.